The molecule has 0 saturated heterocycles. The Morgan fingerprint density at radius 3 is 2.14 bits per heavy atom. The van der Waals surface area contributed by atoms with Gasteiger partial charge in [-0.1, -0.05) is 91.3 Å². The number of rotatable bonds is 13. The fraction of sp³-hybridized carbons (Fsp3) is 0.316. The summed E-state index contributed by atoms with van der Waals surface area (Å²) in [6.07, 6.45) is 5.30. The van der Waals surface area contributed by atoms with Gasteiger partial charge in [0.1, 0.15) is 24.1 Å². The van der Waals surface area contributed by atoms with E-state index in [2.05, 4.69) is 5.32 Å². The number of ether oxygens (including phenoxy) is 1. The topological polar surface area (TPSA) is 96.0 Å². The zero-order chi connectivity index (χ0) is 35.0. The number of carbonyl (C=O) groups excluding carboxylic acids is 2. The second-order valence-electron chi connectivity index (χ2n) is 12.3. The number of anilines is 1. The van der Waals surface area contributed by atoms with Crippen LogP contribution in [-0.2, 0) is 26.2 Å². The van der Waals surface area contributed by atoms with Crippen molar-refractivity contribution >= 4 is 50.7 Å². The summed E-state index contributed by atoms with van der Waals surface area (Å²) in [5, 5.41) is 3.83. The van der Waals surface area contributed by atoms with E-state index < -0.39 is 28.5 Å². The molecule has 0 spiro atoms. The Morgan fingerprint density at radius 2 is 1.51 bits per heavy atom. The van der Waals surface area contributed by atoms with E-state index in [0.29, 0.717) is 33.5 Å². The lowest BCUT2D eigenvalue weighted by atomic mass is 9.95. The van der Waals surface area contributed by atoms with Gasteiger partial charge in [0.15, 0.2) is 0 Å². The minimum Gasteiger partial charge on any atom is -0.457 e. The maximum atomic E-state index is 14.5. The molecule has 1 aliphatic rings. The second kappa shape index (κ2) is 16.6. The summed E-state index contributed by atoms with van der Waals surface area (Å²) >= 11 is 12.5. The van der Waals surface area contributed by atoms with E-state index in [1.165, 1.54) is 17.0 Å². The molecule has 2 amide bonds. The maximum absolute atomic E-state index is 14.5. The Balaban J connectivity index is 1.49. The summed E-state index contributed by atoms with van der Waals surface area (Å²) in [4.78, 5) is 29.8. The van der Waals surface area contributed by atoms with Gasteiger partial charge in [-0.2, -0.15) is 0 Å². The monoisotopic (exact) mass is 721 g/mol. The van der Waals surface area contributed by atoms with E-state index in [-0.39, 0.29) is 29.1 Å². The van der Waals surface area contributed by atoms with E-state index in [4.69, 9.17) is 27.9 Å². The lowest BCUT2D eigenvalue weighted by Crippen LogP contribution is -2.54. The average Bonchev–Trinajstić information content (AvgIpc) is 3.10. The molecule has 8 nitrogen and oxygen atoms in total. The minimum absolute atomic E-state index is 0.0224. The van der Waals surface area contributed by atoms with Crippen molar-refractivity contribution in [2.75, 3.05) is 10.8 Å². The summed E-state index contributed by atoms with van der Waals surface area (Å²) in [6.45, 7) is 3.18. The van der Waals surface area contributed by atoms with Crippen LogP contribution in [0.5, 0.6) is 11.5 Å². The molecule has 11 heteroatoms. The quantitative estimate of drug-likeness (QED) is 0.149. The molecule has 1 N–H and O–H groups in total. The summed E-state index contributed by atoms with van der Waals surface area (Å²) in [5.41, 5.74) is 1.82. The number of nitrogens with one attached hydrogen (secondary N) is 1. The minimum atomic E-state index is -4.23. The van der Waals surface area contributed by atoms with Gasteiger partial charge in [-0.3, -0.25) is 13.9 Å². The Hall–Kier alpha value is -4.05. The highest BCUT2D eigenvalue weighted by Gasteiger charge is 2.34. The Morgan fingerprint density at radius 1 is 0.857 bits per heavy atom. The number of halogens is 2. The van der Waals surface area contributed by atoms with Gasteiger partial charge in [0.05, 0.1) is 20.6 Å². The van der Waals surface area contributed by atoms with Crippen LogP contribution < -0.4 is 14.4 Å². The molecular weight excluding hydrogens is 681 g/mol. The highest BCUT2D eigenvalue weighted by molar-refractivity contribution is 7.92. The van der Waals surface area contributed by atoms with Gasteiger partial charge in [-0.05, 0) is 92.4 Å². The lowest BCUT2D eigenvalue weighted by molar-refractivity contribution is -0.140. The van der Waals surface area contributed by atoms with Gasteiger partial charge < -0.3 is 15.0 Å². The highest BCUT2D eigenvalue weighted by Crippen LogP contribution is 2.30. The molecule has 49 heavy (non-hydrogen) atoms. The molecule has 0 aromatic heterocycles. The molecule has 1 fully saturated rings. The highest BCUT2D eigenvalue weighted by atomic mass is 35.5. The van der Waals surface area contributed by atoms with E-state index in [9.17, 15) is 18.0 Å². The lowest BCUT2D eigenvalue weighted by Gasteiger charge is -2.34. The van der Waals surface area contributed by atoms with Crippen molar-refractivity contribution in [3.05, 3.63) is 118 Å². The van der Waals surface area contributed by atoms with Crippen molar-refractivity contribution in [3.63, 3.8) is 0 Å². The summed E-state index contributed by atoms with van der Waals surface area (Å²) in [7, 11) is -4.23. The molecule has 5 rings (SSSR count). The van der Waals surface area contributed by atoms with Crippen LogP contribution >= 0.6 is 23.2 Å². The largest absolute Gasteiger partial charge is 0.457 e. The fourth-order valence-electron chi connectivity index (χ4n) is 5.97. The van der Waals surface area contributed by atoms with Crippen molar-refractivity contribution in [1.29, 1.82) is 0 Å². The number of nitrogens with zero attached hydrogens (tertiary/aromatic N) is 2. The van der Waals surface area contributed by atoms with Crippen LogP contribution in [0.3, 0.4) is 0 Å². The third kappa shape index (κ3) is 9.35. The van der Waals surface area contributed by atoms with E-state index in [1.807, 2.05) is 44.2 Å². The van der Waals surface area contributed by atoms with Gasteiger partial charge in [0.2, 0.25) is 11.8 Å². The summed E-state index contributed by atoms with van der Waals surface area (Å²) in [5.74, 6) is 0.320. The smallest absolute Gasteiger partial charge is 0.264 e. The van der Waals surface area contributed by atoms with Crippen LogP contribution in [0, 0.1) is 6.92 Å². The van der Waals surface area contributed by atoms with Crippen LogP contribution in [0.15, 0.2) is 102 Å². The van der Waals surface area contributed by atoms with E-state index in [1.54, 1.807) is 54.6 Å². The molecule has 0 radical (unpaired) electrons. The summed E-state index contributed by atoms with van der Waals surface area (Å²) < 4.78 is 35.5. The molecular formula is C38H41Cl2N3O5S. The maximum Gasteiger partial charge on any atom is 0.264 e. The van der Waals surface area contributed by atoms with Crippen LogP contribution in [0.25, 0.3) is 0 Å². The Bertz CT molecular complexity index is 1830. The Labute approximate surface area is 299 Å². The number of benzene rings is 4. The molecule has 0 aliphatic heterocycles. The Kier molecular flexibility index (Phi) is 12.3. The number of hydrogen-bond acceptors (Lipinski definition) is 5. The van der Waals surface area contributed by atoms with Gasteiger partial charge in [-0.25, -0.2) is 8.42 Å². The van der Waals surface area contributed by atoms with Crippen molar-refractivity contribution < 1.29 is 22.7 Å². The second-order valence-corrected chi connectivity index (χ2v) is 14.9. The predicted octanol–water partition coefficient (Wildman–Crippen LogP) is 8.55. The van der Waals surface area contributed by atoms with Crippen molar-refractivity contribution in [2.24, 2.45) is 0 Å². The predicted molar refractivity (Wildman–Crippen MR) is 195 cm³/mol. The van der Waals surface area contributed by atoms with Crippen LogP contribution in [0.4, 0.5) is 5.69 Å². The molecule has 1 atom stereocenters. The van der Waals surface area contributed by atoms with Crippen molar-refractivity contribution in [2.45, 2.75) is 75.9 Å². The molecule has 4 aromatic carbocycles. The average molecular weight is 723 g/mol. The molecule has 1 saturated carbocycles. The van der Waals surface area contributed by atoms with Crippen LogP contribution in [0.1, 0.15) is 56.6 Å². The molecule has 0 heterocycles. The van der Waals surface area contributed by atoms with E-state index >= 15 is 0 Å². The van der Waals surface area contributed by atoms with Crippen LogP contribution in [-0.4, -0.2) is 43.8 Å². The number of sulfonamides is 1. The third-order valence-electron chi connectivity index (χ3n) is 8.67. The summed E-state index contributed by atoms with van der Waals surface area (Å²) in [6, 6.07) is 26.4. The molecule has 0 unspecified atom stereocenters. The molecule has 1 aliphatic carbocycles. The number of hydrogen-bond donors (Lipinski definition) is 1. The number of carbonyl (C=O) groups is 2. The van der Waals surface area contributed by atoms with E-state index in [0.717, 1.165) is 42.0 Å². The SMILES string of the molecule is CC[C@@H](C(=O)NC1CCCCC1)N(Cc1ccc(Cl)c(Cl)c1)C(=O)CN(c1ccc(Oc2ccccc2)cc1)S(=O)(=O)c1ccc(C)cc1. The zero-order valence-electron chi connectivity index (χ0n) is 27.6. The first-order valence-electron chi connectivity index (χ1n) is 16.5. The van der Waals surface area contributed by atoms with Gasteiger partial charge in [0.25, 0.3) is 10.0 Å². The number of amides is 2. The normalized spacial score (nSPS) is 14.1. The fourth-order valence-corrected chi connectivity index (χ4v) is 7.70. The van der Waals surface area contributed by atoms with Gasteiger partial charge >= 0.3 is 0 Å². The molecule has 258 valence electrons. The van der Waals surface area contributed by atoms with Crippen molar-refractivity contribution in [1.82, 2.24) is 10.2 Å². The van der Waals surface area contributed by atoms with Gasteiger partial charge in [0, 0.05) is 12.6 Å². The first-order valence-corrected chi connectivity index (χ1v) is 18.7. The van der Waals surface area contributed by atoms with Crippen molar-refractivity contribution in [3.8, 4) is 11.5 Å². The zero-order valence-corrected chi connectivity index (χ0v) is 30.0. The molecule has 4 aromatic rings. The molecule has 0 bridgehead atoms. The number of aryl methyl sites for hydroxylation is 1. The first kappa shape index (κ1) is 36.2. The standard InChI is InChI=1S/C38H41Cl2N3O5S/c1-3-36(38(45)41-29-10-6-4-7-11-29)42(25-28-16-23-34(39)35(40)24-28)37(44)26-43(49(46,47)33-21-14-27(2)15-22-33)30-17-19-32(20-18-30)48-31-12-8-5-9-13-31/h5,8-9,12-24,29,36H,3-4,6-7,10-11,25-26H2,1-2H3,(H,41,45)/t36-/m0/s1. The van der Waals surface area contributed by atoms with Crippen LogP contribution in [0.2, 0.25) is 10.0 Å². The first-order chi connectivity index (χ1) is 23.5. The van der Waals surface area contributed by atoms with Gasteiger partial charge in [-0.15, -0.1) is 0 Å². The number of para-hydroxylation sites is 1. The third-order valence-corrected chi connectivity index (χ3v) is 11.2.